The maximum Gasteiger partial charge on any atom is 0.263 e. The summed E-state index contributed by atoms with van der Waals surface area (Å²) in [5.74, 6) is -1.48. The van der Waals surface area contributed by atoms with Crippen molar-refractivity contribution < 1.29 is 14.4 Å². The fourth-order valence-electron chi connectivity index (χ4n) is 2.34. The Bertz CT molecular complexity index is 792. The average Bonchev–Trinajstić information content (AvgIpc) is 2.80. The van der Waals surface area contributed by atoms with Crippen LogP contribution in [0.1, 0.15) is 26.3 Å². The third-order valence-electron chi connectivity index (χ3n) is 3.49. The largest absolute Gasteiger partial charge is 0.350 e. The number of hydrogen-bond acceptors (Lipinski definition) is 4. The molecule has 3 rings (SSSR count). The van der Waals surface area contributed by atoms with Crippen LogP contribution in [-0.4, -0.2) is 34.2 Å². The van der Waals surface area contributed by atoms with E-state index in [1.807, 2.05) is 0 Å². The molecule has 1 aliphatic heterocycles. The lowest BCUT2D eigenvalue weighted by molar-refractivity contribution is -0.121. The van der Waals surface area contributed by atoms with Crippen LogP contribution in [0.2, 0.25) is 5.02 Å². The minimum Gasteiger partial charge on any atom is -0.350 e. The molecule has 0 saturated carbocycles. The second-order valence-corrected chi connectivity index (χ2v) is 5.40. The van der Waals surface area contributed by atoms with Gasteiger partial charge in [0.2, 0.25) is 5.91 Å². The van der Waals surface area contributed by atoms with Gasteiger partial charge in [-0.3, -0.25) is 24.3 Å². The van der Waals surface area contributed by atoms with E-state index in [1.54, 1.807) is 36.7 Å². The number of nitrogens with zero attached hydrogens (tertiary/aromatic N) is 2. The van der Waals surface area contributed by atoms with Gasteiger partial charge >= 0.3 is 0 Å². The van der Waals surface area contributed by atoms with Crippen molar-refractivity contribution in [3.05, 3.63) is 64.4 Å². The minimum absolute atomic E-state index is 0.154. The van der Waals surface area contributed by atoms with Crippen molar-refractivity contribution in [1.82, 2.24) is 15.2 Å². The topological polar surface area (TPSA) is 79.4 Å². The maximum absolute atomic E-state index is 12.3. The standard InChI is InChI=1S/C16H12ClN3O3/c17-12-3-1-2-11-14(12)16(23)20(15(11)22)9-13(21)19-8-10-4-6-18-7-5-10/h1-7H,8-9H2,(H,19,21). The molecule has 1 aliphatic rings. The molecule has 0 bridgehead atoms. The van der Waals surface area contributed by atoms with Crippen molar-refractivity contribution in [3.63, 3.8) is 0 Å². The summed E-state index contributed by atoms with van der Waals surface area (Å²) in [5.41, 5.74) is 1.25. The van der Waals surface area contributed by atoms with Gasteiger partial charge in [-0.2, -0.15) is 0 Å². The van der Waals surface area contributed by atoms with Gasteiger partial charge in [0, 0.05) is 18.9 Å². The molecule has 0 fully saturated rings. The number of benzene rings is 1. The number of hydrogen-bond donors (Lipinski definition) is 1. The first-order chi connectivity index (χ1) is 11.1. The van der Waals surface area contributed by atoms with Gasteiger partial charge in [0.1, 0.15) is 6.54 Å². The molecule has 23 heavy (non-hydrogen) atoms. The lowest BCUT2D eigenvalue weighted by Gasteiger charge is -2.13. The highest BCUT2D eigenvalue weighted by molar-refractivity contribution is 6.37. The Morgan fingerprint density at radius 3 is 2.57 bits per heavy atom. The highest BCUT2D eigenvalue weighted by Crippen LogP contribution is 2.28. The van der Waals surface area contributed by atoms with Crippen molar-refractivity contribution in [1.29, 1.82) is 0 Å². The van der Waals surface area contributed by atoms with Crippen molar-refractivity contribution in [2.24, 2.45) is 0 Å². The molecule has 1 aromatic carbocycles. The van der Waals surface area contributed by atoms with Gasteiger partial charge in [-0.1, -0.05) is 17.7 Å². The van der Waals surface area contributed by atoms with E-state index in [4.69, 9.17) is 11.6 Å². The number of carbonyl (C=O) groups is 3. The lowest BCUT2D eigenvalue weighted by Crippen LogP contribution is -2.40. The second-order valence-electron chi connectivity index (χ2n) is 4.99. The second kappa shape index (κ2) is 6.18. The summed E-state index contributed by atoms with van der Waals surface area (Å²) >= 11 is 5.97. The number of pyridine rings is 1. The highest BCUT2D eigenvalue weighted by atomic mass is 35.5. The molecule has 0 spiro atoms. The molecular weight excluding hydrogens is 318 g/mol. The third kappa shape index (κ3) is 2.93. The number of nitrogens with one attached hydrogen (secondary N) is 1. The summed E-state index contributed by atoms with van der Waals surface area (Å²) in [6.07, 6.45) is 3.24. The Morgan fingerprint density at radius 2 is 1.87 bits per heavy atom. The van der Waals surface area contributed by atoms with Gasteiger partial charge in [0.05, 0.1) is 16.1 Å². The van der Waals surface area contributed by atoms with Gasteiger partial charge in [-0.05, 0) is 29.8 Å². The normalized spacial score (nSPS) is 13.2. The fraction of sp³-hybridized carbons (Fsp3) is 0.125. The summed E-state index contributed by atoms with van der Waals surface area (Å²) in [5, 5.41) is 2.87. The van der Waals surface area contributed by atoms with Gasteiger partial charge in [0.25, 0.3) is 11.8 Å². The minimum atomic E-state index is -0.547. The molecule has 2 heterocycles. The molecule has 7 heteroatoms. The number of rotatable bonds is 4. The maximum atomic E-state index is 12.3. The molecule has 0 aliphatic carbocycles. The van der Waals surface area contributed by atoms with E-state index >= 15 is 0 Å². The predicted molar refractivity (Wildman–Crippen MR) is 82.9 cm³/mol. The van der Waals surface area contributed by atoms with E-state index < -0.39 is 17.7 Å². The summed E-state index contributed by atoms with van der Waals surface area (Å²) in [4.78, 5) is 41.3. The average molecular weight is 330 g/mol. The Hall–Kier alpha value is -2.73. The van der Waals surface area contributed by atoms with Crippen LogP contribution in [0.25, 0.3) is 0 Å². The van der Waals surface area contributed by atoms with Gasteiger partial charge in [-0.25, -0.2) is 0 Å². The van der Waals surface area contributed by atoms with E-state index in [0.29, 0.717) is 6.54 Å². The zero-order valence-corrected chi connectivity index (χ0v) is 12.7. The van der Waals surface area contributed by atoms with Crippen LogP contribution >= 0.6 is 11.6 Å². The van der Waals surface area contributed by atoms with Crippen LogP contribution < -0.4 is 5.32 Å². The van der Waals surface area contributed by atoms with E-state index in [9.17, 15) is 14.4 Å². The van der Waals surface area contributed by atoms with Crippen molar-refractivity contribution in [3.8, 4) is 0 Å². The number of halogens is 1. The van der Waals surface area contributed by atoms with Crippen LogP contribution in [0.4, 0.5) is 0 Å². The fourth-order valence-corrected chi connectivity index (χ4v) is 2.59. The summed E-state index contributed by atoms with van der Waals surface area (Å²) in [6.45, 7) is -0.0426. The molecule has 3 amide bonds. The van der Waals surface area contributed by atoms with E-state index in [-0.39, 0.29) is 22.7 Å². The molecular formula is C16H12ClN3O3. The smallest absolute Gasteiger partial charge is 0.263 e. The lowest BCUT2D eigenvalue weighted by atomic mass is 10.1. The van der Waals surface area contributed by atoms with Crippen LogP contribution in [0.3, 0.4) is 0 Å². The quantitative estimate of drug-likeness (QED) is 0.865. The summed E-state index contributed by atoms with van der Waals surface area (Å²) in [7, 11) is 0. The van der Waals surface area contributed by atoms with E-state index in [1.165, 1.54) is 6.07 Å². The molecule has 1 aromatic heterocycles. The van der Waals surface area contributed by atoms with Crippen LogP contribution in [0.5, 0.6) is 0 Å². The zero-order valence-electron chi connectivity index (χ0n) is 12.0. The molecule has 2 aromatic rings. The first-order valence-electron chi connectivity index (χ1n) is 6.88. The number of carbonyl (C=O) groups excluding carboxylic acids is 3. The Labute approximate surface area is 137 Å². The van der Waals surface area contributed by atoms with E-state index in [2.05, 4.69) is 10.3 Å². The summed E-state index contributed by atoms with van der Waals surface area (Å²) < 4.78 is 0. The molecule has 1 N–H and O–H groups in total. The van der Waals surface area contributed by atoms with Gasteiger partial charge in [-0.15, -0.1) is 0 Å². The molecule has 0 saturated heterocycles. The van der Waals surface area contributed by atoms with Crippen LogP contribution in [-0.2, 0) is 11.3 Å². The molecule has 116 valence electrons. The Morgan fingerprint density at radius 1 is 1.13 bits per heavy atom. The highest BCUT2D eigenvalue weighted by Gasteiger charge is 2.38. The van der Waals surface area contributed by atoms with Crippen LogP contribution in [0, 0.1) is 0 Å². The van der Waals surface area contributed by atoms with Crippen molar-refractivity contribution >= 4 is 29.3 Å². The Balaban J connectivity index is 1.67. The Kier molecular flexibility index (Phi) is 4.08. The predicted octanol–water partition coefficient (Wildman–Crippen LogP) is 1.65. The van der Waals surface area contributed by atoms with E-state index in [0.717, 1.165) is 10.5 Å². The van der Waals surface area contributed by atoms with Crippen LogP contribution in [0.15, 0.2) is 42.7 Å². The molecule has 0 radical (unpaired) electrons. The van der Waals surface area contributed by atoms with Gasteiger partial charge < -0.3 is 5.32 Å². The number of amides is 3. The van der Waals surface area contributed by atoms with Crippen molar-refractivity contribution in [2.75, 3.05) is 6.54 Å². The molecule has 0 atom stereocenters. The zero-order chi connectivity index (χ0) is 16.4. The number of aromatic nitrogens is 1. The SMILES string of the molecule is O=C(CN1C(=O)c2cccc(Cl)c2C1=O)NCc1ccncc1. The van der Waals surface area contributed by atoms with Crippen molar-refractivity contribution in [2.45, 2.75) is 6.54 Å². The summed E-state index contributed by atoms with van der Waals surface area (Å²) in [6, 6.07) is 8.19. The number of fused-ring (bicyclic) bond motifs is 1. The van der Waals surface area contributed by atoms with Gasteiger partial charge in [0.15, 0.2) is 0 Å². The molecule has 6 nitrogen and oxygen atoms in total. The number of imide groups is 1. The first kappa shape index (κ1) is 15.2. The molecule has 0 unspecified atom stereocenters. The monoisotopic (exact) mass is 329 g/mol. The third-order valence-corrected chi connectivity index (χ3v) is 3.80. The first-order valence-corrected chi connectivity index (χ1v) is 7.26.